The molecule has 1 aromatic heterocycles. The monoisotopic (exact) mass is 253 g/mol. The summed E-state index contributed by atoms with van der Waals surface area (Å²) in [5, 5.41) is 13.6. The van der Waals surface area contributed by atoms with Crippen LogP contribution in [-0.2, 0) is 6.42 Å². The predicted octanol–water partition coefficient (Wildman–Crippen LogP) is 3.04. The van der Waals surface area contributed by atoms with Gasteiger partial charge < -0.3 is 5.32 Å². The molecule has 0 aliphatic rings. The summed E-state index contributed by atoms with van der Waals surface area (Å²) in [5.41, 5.74) is 2.59. The van der Waals surface area contributed by atoms with E-state index in [-0.39, 0.29) is 5.54 Å². The number of para-hydroxylation sites is 1. The third-order valence-corrected chi connectivity index (χ3v) is 2.93. The van der Waals surface area contributed by atoms with Gasteiger partial charge in [0.15, 0.2) is 0 Å². The summed E-state index contributed by atoms with van der Waals surface area (Å²) < 4.78 is 0. The van der Waals surface area contributed by atoms with Crippen molar-refractivity contribution in [2.24, 2.45) is 0 Å². The van der Waals surface area contributed by atoms with Gasteiger partial charge in [-0.2, -0.15) is 5.26 Å². The number of aromatic nitrogens is 1. The van der Waals surface area contributed by atoms with Crippen LogP contribution in [-0.4, -0.2) is 17.1 Å². The molecule has 0 radical (unpaired) electrons. The second kappa shape index (κ2) is 5.38. The zero-order valence-corrected chi connectivity index (χ0v) is 11.7. The Bertz CT molecular complexity index is 618. The van der Waals surface area contributed by atoms with Crippen LogP contribution in [0.5, 0.6) is 0 Å². The molecule has 0 fully saturated rings. The quantitative estimate of drug-likeness (QED) is 0.914. The molecule has 0 aliphatic carbocycles. The van der Waals surface area contributed by atoms with Crippen molar-refractivity contribution >= 4 is 10.9 Å². The Morgan fingerprint density at radius 3 is 2.68 bits per heavy atom. The van der Waals surface area contributed by atoms with E-state index in [0.717, 1.165) is 29.6 Å². The zero-order valence-electron chi connectivity index (χ0n) is 11.7. The van der Waals surface area contributed by atoms with E-state index in [0.29, 0.717) is 5.56 Å². The smallest absolute Gasteiger partial charge is 0.101 e. The average Bonchev–Trinajstić information content (AvgIpc) is 2.36. The fourth-order valence-corrected chi connectivity index (χ4v) is 1.98. The molecule has 2 aromatic rings. The molecule has 0 amide bonds. The third kappa shape index (κ3) is 3.52. The minimum Gasteiger partial charge on any atom is -0.312 e. The van der Waals surface area contributed by atoms with Crippen LogP contribution in [0.15, 0.2) is 30.3 Å². The highest BCUT2D eigenvalue weighted by Gasteiger charge is 2.08. The van der Waals surface area contributed by atoms with Crippen molar-refractivity contribution in [2.45, 2.75) is 32.7 Å². The predicted molar refractivity (Wildman–Crippen MR) is 77.9 cm³/mol. The Labute approximate surface area is 114 Å². The molecule has 1 N–H and O–H groups in total. The molecule has 3 nitrogen and oxygen atoms in total. The first-order valence-electron chi connectivity index (χ1n) is 6.53. The van der Waals surface area contributed by atoms with Crippen molar-refractivity contribution in [2.75, 3.05) is 6.54 Å². The van der Waals surface area contributed by atoms with Gasteiger partial charge >= 0.3 is 0 Å². The first-order valence-corrected chi connectivity index (χ1v) is 6.53. The second-order valence-corrected chi connectivity index (χ2v) is 5.72. The summed E-state index contributed by atoms with van der Waals surface area (Å²) in [6.45, 7) is 7.33. The van der Waals surface area contributed by atoms with Crippen molar-refractivity contribution in [3.63, 3.8) is 0 Å². The molecule has 1 aromatic carbocycles. The van der Waals surface area contributed by atoms with Crippen LogP contribution in [0.1, 0.15) is 32.0 Å². The van der Waals surface area contributed by atoms with E-state index in [4.69, 9.17) is 5.26 Å². The third-order valence-electron chi connectivity index (χ3n) is 2.93. The highest BCUT2D eigenvalue weighted by Crippen LogP contribution is 2.16. The van der Waals surface area contributed by atoms with Crippen molar-refractivity contribution in [1.82, 2.24) is 10.3 Å². The van der Waals surface area contributed by atoms with Crippen molar-refractivity contribution in [1.29, 1.82) is 5.26 Å². The molecular weight excluding hydrogens is 234 g/mol. The molecule has 98 valence electrons. The lowest BCUT2D eigenvalue weighted by atomic mass is 10.1. The van der Waals surface area contributed by atoms with E-state index in [1.54, 1.807) is 0 Å². The number of pyridine rings is 1. The van der Waals surface area contributed by atoms with Crippen LogP contribution >= 0.6 is 0 Å². The van der Waals surface area contributed by atoms with Crippen LogP contribution in [0.4, 0.5) is 0 Å². The summed E-state index contributed by atoms with van der Waals surface area (Å²) in [4.78, 5) is 4.60. The first-order chi connectivity index (χ1) is 8.99. The van der Waals surface area contributed by atoms with E-state index in [1.807, 2.05) is 30.3 Å². The molecule has 0 saturated carbocycles. The topological polar surface area (TPSA) is 48.7 Å². The Morgan fingerprint density at radius 1 is 1.21 bits per heavy atom. The van der Waals surface area contributed by atoms with Crippen LogP contribution in [0.3, 0.4) is 0 Å². The Balaban J connectivity index is 2.20. The number of nitrogens with zero attached hydrogens (tertiary/aromatic N) is 2. The minimum atomic E-state index is 0.120. The maximum absolute atomic E-state index is 9.11. The Hall–Kier alpha value is -1.92. The van der Waals surface area contributed by atoms with Crippen molar-refractivity contribution in [3.05, 3.63) is 41.6 Å². The minimum absolute atomic E-state index is 0.120. The second-order valence-electron chi connectivity index (χ2n) is 5.72. The molecule has 0 unspecified atom stereocenters. The first kappa shape index (κ1) is 13.5. The summed E-state index contributed by atoms with van der Waals surface area (Å²) >= 11 is 0. The van der Waals surface area contributed by atoms with Gasteiger partial charge in [-0.25, -0.2) is 0 Å². The van der Waals surface area contributed by atoms with E-state index < -0.39 is 0 Å². The SMILES string of the molecule is CC(C)(C)NCCc1ccc2cccc(C#N)c2n1. The van der Waals surface area contributed by atoms with Gasteiger partial charge in [0.1, 0.15) is 6.07 Å². The maximum Gasteiger partial charge on any atom is 0.101 e. The normalized spacial score (nSPS) is 11.5. The number of rotatable bonds is 3. The van der Waals surface area contributed by atoms with Gasteiger partial charge in [-0.1, -0.05) is 18.2 Å². The van der Waals surface area contributed by atoms with Gasteiger partial charge in [0.05, 0.1) is 11.1 Å². The standard InChI is InChI=1S/C16H19N3/c1-16(2,3)18-10-9-14-8-7-12-5-4-6-13(11-17)15(12)19-14/h4-8,18H,9-10H2,1-3H3. The van der Waals surface area contributed by atoms with Gasteiger partial charge in [0, 0.05) is 29.6 Å². The summed E-state index contributed by atoms with van der Waals surface area (Å²) in [5.74, 6) is 0. The van der Waals surface area contributed by atoms with E-state index in [1.165, 1.54) is 0 Å². The maximum atomic E-state index is 9.11. The lowest BCUT2D eigenvalue weighted by Crippen LogP contribution is -2.37. The lowest BCUT2D eigenvalue weighted by molar-refractivity contribution is 0.428. The Kier molecular flexibility index (Phi) is 3.82. The molecule has 0 atom stereocenters. The number of hydrogen-bond donors (Lipinski definition) is 1. The van der Waals surface area contributed by atoms with Gasteiger partial charge in [-0.05, 0) is 32.9 Å². The molecule has 1 heterocycles. The zero-order chi connectivity index (χ0) is 13.9. The van der Waals surface area contributed by atoms with Crippen molar-refractivity contribution in [3.8, 4) is 6.07 Å². The van der Waals surface area contributed by atoms with Crippen LogP contribution in [0, 0.1) is 11.3 Å². The van der Waals surface area contributed by atoms with Crippen LogP contribution < -0.4 is 5.32 Å². The van der Waals surface area contributed by atoms with E-state index in [9.17, 15) is 0 Å². The summed E-state index contributed by atoms with van der Waals surface area (Å²) in [6.07, 6.45) is 0.868. The molecular formula is C16H19N3. The number of benzene rings is 1. The fourth-order valence-electron chi connectivity index (χ4n) is 1.98. The summed E-state index contributed by atoms with van der Waals surface area (Å²) in [7, 11) is 0. The molecule has 2 rings (SSSR count). The molecule has 0 aliphatic heterocycles. The molecule has 0 saturated heterocycles. The molecule has 0 bridgehead atoms. The number of nitrogens with one attached hydrogen (secondary N) is 1. The van der Waals surface area contributed by atoms with Gasteiger partial charge in [0.2, 0.25) is 0 Å². The number of nitriles is 1. The molecule has 3 heteroatoms. The highest BCUT2D eigenvalue weighted by atomic mass is 14.9. The highest BCUT2D eigenvalue weighted by molar-refractivity contribution is 5.84. The summed E-state index contributed by atoms with van der Waals surface area (Å²) in [6, 6.07) is 12.0. The van der Waals surface area contributed by atoms with Crippen LogP contribution in [0.2, 0.25) is 0 Å². The van der Waals surface area contributed by atoms with Gasteiger partial charge in [-0.3, -0.25) is 4.98 Å². The van der Waals surface area contributed by atoms with Crippen molar-refractivity contribution < 1.29 is 0 Å². The average molecular weight is 253 g/mol. The number of hydrogen-bond acceptors (Lipinski definition) is 3. The van der Waals surface area contributed by atoms with Crippen LogP contribution in [0.25, 0.3) is 10.9 Å². The largest absolute Gasteiger partial charge is 0.312 e. The lowest BCUT2D eigenvalue weighted by Gasteiger charge is -2.20. The van der Waals surface area contributed by atoms with E-state index in [2.05, 4.69) is 37.1 Å². The molecule has 19 heavy (non-hydrogen) atoms. The molecule has 0 spiro atoms. The Morgan fingerprint density at radius 2 is 2.00 bits per heavy atom. The van der Waals surface area contributed by atoms with E-state index >= 15 is 0 Å². The van der Waals surface area contributed by atoms with Gasteiger partial charge in [-0.15, -0.1) is 0 Å². The fraction of sp³-hybridized carbons (Fsp3) is 0.375. The van der Waals surface area contributed by atoms with Gasteiger partial charge in [0.25, 0.3) is 0 Å². The number of fused-ring (bicyclic) bond motifs is 1.